The van der Waals surface area contributed by atoms with Crippen LogP contribution in [0, 0.1) is 18.3 Å². The van der Waals surface area contributed by atoms with Crippen LogP contribution in [0.4, 0.5) is 5.69 Å². The Labute approximate surface area is 129 Å². The van der Waals surface area contributed by atoms with Crippen LogP contribution >= 0.6 is 0 Å². The number of hydrogen-bond donors (Lipinski definition) is 1. The van der Waals surface area contributed by atoms with Gasteiger partial charge < -0.3 is 10.1 Å². The Bertz CT molecular complexity index is 703. The zero-order valence-electron chi connectivity index (χ0n) is 12.6. The minimum Gasteiger partial charge on any atom is -0.439 e. The second-order valence-corrected chi connectivity index (χ2v) is 4.88. The maximum absolute atomic E-state index is 11.5. The first-order valence-electron chi connectivity index (χ1n) is 7.07. The van der Waals surface area contributed by atoms with Crippen LogP contribution in [0.1, 0.15) is 30.9 Å². The summed E-state index contributed by atoms with van der Waals surface area (Å²) in [5.74, 6) is 1.05. The molecule has 0 aliphatic rings. The van der Waals surface area contributed by atoms with Crippen molar-refractivity contribution in [3.8, 4) is 17.7 Å². The fourth-order valence-corrected chi connectivity index (χ4v) is 1.91. The number of nitriles is 1. The lowest BCUT2D eigenvalue weighted by atomic mass is 10.1. The average Bonchev–Trinajstić information content (AvgIpc) is 2.51. The highest BCUT2D eigenvalue weighted by atomic mass is 16.5. The van der Waals surface area contributed by atoms with Crippen LogP contribution in [-0.2, 0) is 4.79 Å². The molecule has 1 amide bonds. The Kier molecular flexibility index (Phi) is 5.10. The number of aromatic nitrogens is 1. The first kappa shape index (κ1) is 15.5. The van der Waals surface area contributed by atoms with E-state index in [0.717, 1.165) is 12.0 Å². The quantitative estimate of drug-likeness (QED) is 0.910. The van der Waals surface area contributed by atoms with E-state index in [1.165, 1.54) is 0 Å². The summed E-state index contributed by atoms with van der Waals surface area (Å²) in [5.41, 5.74) is 2.09. The lowest BCUT2D eigenvalue weighted by Crippen LogP contribution is -2.10. The molecule has 2 rings (SSSR count). The number of ether oxygens (including phenoxy) is 1. The zero-order valence-corrected chi connectivity index (χ0v) is 12.6. The number of pyridine rings is 1. The Hall–Kier alpha value is -2.87. The Balaban J connectivity index is 2.05. The summed E-state index contributed by atoms with van der Waals surface area (Å²) in [4.78, 5) is 15.7. The van der Waals surface area contributed by atoms with Crippen molar-refractivity contribution in [2.45, 2.75) is 26.7 Å². The standard InChI is InChI=1S/C17H17N3O2/c1-3-4-16(21)20-14-6-8-17(19-11-14)22-15-7-5-13(10-18)9-12(15)2/h5-9,11H,3-4H2,1-2H3,(H,20,21). The fourth-order valence-electron chi connectivity index (χ4n) is 1.91. The molecule has 1 heterocycles. The Morgan fingerprint density at radius 1 is 1.36 bits per heavy atom. The number of rotatable bonds is 5. The van der Waals surface area contributed by atoms with Gasteiger partial charge in [0.25, 0.3) is 0 Å². The largest absolute Gasteiger partial charge is 0.439 e. The number of hydrogen-bond acceptors (Lipinski definition) is 4. The molecule has 5 heteroatoms. The SMILES string of the molecule is CCCC(=O)Nc1ccc(Oc2ccc(C#N)cc2C)nc1. The number of anilines is 1. The molecule has 0 aliphatic carbocycles. The molecule has 0 saturated heterocycles. The molecular weight excluding hydrogens is 278 g/mol. The van der Waals surface area contributed by atoms with Gasteiger partial charge in [-0.05, 0) is 43.2 Å². The molecule has 1 aromatic carbocycles. The molecule has 0 saturated carbocycles. The van der Waals surface area contributed by atoms with Crippen molar-refractivity contribution >= 4 is 11.6 Å². The summed E-state index contributed by atoms with van der Waals surface area (Å²) in [7, 11) is 0. The highest BCUT2D eigenvalue weighted by Crippen LogP contribution is 2.25. The van der Waals surface area contributed by atoms with E-state index in [4.69, 9.17) is 10.00 Å². The summed E-state index contributed by atoms with van der Waals surface area (Å²) >= 11 is 0. The van der Waals surface area contributed by atoms with E-state index in [-0.39, 0.29) is 5.91 Å². The number of benzene rings is 1. The van der Waals surface area contributed by atoms with E-state index >= 15 is 0 Å². The topological polar surface area (TPSA) is 75.0 Å². The molecule has 0 fully saturated rings. The van der Waals surface area contributed by atoms with Gasteiger partial charge in [0, 0.05) is 12.5 Å². The maximum atomic E-state index is 11.5. The van der Waals surface area contributed by atoms with Crippen LogP contribution in [0.5, 0.6) is 11.6 Å². The van der Waals surface area contributed by atoms with E-state index < -0.39 is 0 Å². The van der Waals surface area contributed by atoms with Gasteiger partial charge in [0.15, 0.2) is 0 Å². The molecule has 22 heavy (non-hydrogen) atoms. The van der Waals surface area contributed by atoms with Crippen LogP contribution < -0.4 is 10.1 Å². The molecule has 5 nitrogen and oxygen atoms in total. The van der Waals surface area contributed by atoms with Crippen molar-refractivity contribution < 1.29 is 9.53 Å². The van der Waals surface area contributed by atoms with Crippen LogP contribution in [0.2, 0.25) is 0 Å². The third-order valence-corrected chi connectivity index (χ3v) is 3.02. The van der Waals surface area contributed by atoms with Crippen molar-refractivity contribution in [2.24, 2.45) is 0 Å². The average molecular weight is 295 g/mol. The molecule has 0 bridgehead atoms. The van der Waals surface area contributed by atoms with E-state index in [1.54, 1.807) is 36.5 Å². The van der Waals surface area contributed by atoms with Crippen molar-refractivity contribution in [1.82, 2.24) is 4.98 Å². The minimum atomic E-state index is -0.0269. The number of carbonyl (C=O) groups is 1. The van der Waals surface area contributed by atoms with E-state index in [9.17, 15) is 4.79 Å². The van der Waals surface area contributed by atoms with Crippen LogP contribution in [0.3, 0.4) is 0 Å². The van der Waals surface area contributed by atoms with Gasteiger partial charge in [-0.25, -0.2) is 4.98 Å². The summed E-state index contributed by atoms with van der Waals surface area (Å²) in [5, 5.41) is 11.6. The molecule has 2 aromatic rings. The van der Waals surface area contributed by atoms with Crippen LogP contribution in [0.15, 0.2) is 36.5 Å². The molecule has 0 spiro atoms. The highest BCUT2D eigenvalue weighted by Gasteiger charge is 2.05. The van der Waals surface area contributed by atoms with Gasteiger partial charge in [-0.2, -0.15) is 5.26 Å². The molecular formula is C17H17N3O2. The number of amides is 1. The summed E-state index contributed by atoms with van der Waals surface area (Å²) in [6, 6.07) is 10.7. The predicted octanol–water partition coefficient (Wildman–Crippen LogP) is 3.79. The second kappa shape index (κ2) is 7.23. The van der Waals surface area contributed by atoms with Gasteiger partial charge in [-0.3, -0.25) is 4.79 Å². The highest BCUT2D eigenvalue weighted by molar-refractivity contribution is 5.90. The van der Waals surface area contributed by atoms with E-state index in [2.05, 4.69) is 16.4 Å². The third kappa shape index (κ3) is 4.06. The number of aryl methyl sites for hydroxylation is 1. The number of nitrogens with one attached hydrogen (secondary N) is 1. The Morgan fingerprint density at radius 3 is 2.77 bits per heavy atom. The van der Waals surface area contributed by atoms with Gasteiger partial charge in [-0.15, -0.1) is 0 Å². The molecule has 112 valence electrons. The van der Waals surface area contributed by atoms with Gasteiger partial charge in [-0.1, -0.05) is 6.92 Å². The first-order valence-corrected chi connectivity index (χ1v) is 7.07. The summed E-state index contributed by atoms with van der Waals surface area (Å²) < 4.78 is 5.68. The molecule has 0 aliphatic heterocycles. The van der Waals surface area contributed by atoms with Crippen molar-refractivity contribution in [3.63, 3.8) is 0 Å². The monoisotopic (exact) mass is 295 g/mol. The summed E-state index contributed by atoms with van der Waals surface area (Å²) in [6.45, 7) is 3.82. The lowest BCUT2D eigenvalue weighted by Gasteiger charge is -2.09. The fraction of sp³-hybridized carbons (Fsp3) is 0.235. The maximum Gasteiger partial charge on any atom is 0.224 e. The van der Waals surface area contributed by atoms with Crippen LogP contribution in [0.25, 0.3) is 0 Å². The van der Waals surface area contributed by atoms with Crippen molar-refractivity contribution in [1.29, 1.82) is 5.26 Å². The number of nitrogens with zero attached hydrogens (tertiary/aromatic N) is 2. The molecule has 0 unspecified atom stereocenters. The van der Waals surface area contributed by atoms with E-state index in [1.807, 2.05) is 13.8 Å². The number of carbonyl (C=O) groups excluding carboxylic acids is 1. The van der Waals surface area contributed by atoms with Gasteiger partial charge in [0.2, 0.25) is 11.8 Å². The molecule has 1 aromatic heterocycles. The molecule has 0 atom stereocenters. The van der Waals surface area contributed by atoms with Gasteiger partial charge in [0.05, 0.1) is 23.5 Å². The Morgan fingerprint density at radius 2 is 2.18 bits per heavy atom. The third-order valence-electron chi connectivity index (χ3n) is 3.02. The van der Waals surface area contributed by atoms with E-state index in [0.29, 0.717) is 29.3 Å². The zero-order chi connectivity index (χ0) is 15.9. The van der Waals surface area contributed by atoms with Crippen molar-refractivity contribution in [2.75, 3.05) is 5.32 Å². The normalized spacial score (nSPS) is 9.86. The minimum absolute atomic E-state index is 0.0269. The second-order valence-electron chi connectivity index (χ2n) is 4.88. The van der Waals surface area contributed by atoms with Crippen LogP contribution in [-0.4, -0.2) is 10.9 Å². The summed E-state index contributed by atoms with van der Waals surface area (Å²) in [6.07, 6.45) is 2.85. The predicted molar refractivity (Wildman–Crippen MR) is 83.7 cm³/mol. The van der Waals surface area contributed by atoms with Gasteiger partial charge >= 0.3 is 0 Å². The van der Waals surface area contributed by atoms with Crippen molar-refractivity contribution in [3.05, 3.63) is 47.7 Å². The lowest BCUT2D eigenvalue weighted by molar-refractivity contribution is -0.116. The molecule has 0 radical (unpaired) electrons. The van der Waals surface area contributed by atoms with Gasteiger partial charge in [0.1, 0.15) is 5.75 Å². The first-order chi connectivity index (χ1) is 10.6. The molecule has 1 N–H and O–H groups in total. The smallest absolute Gasteiger partial charge is 0.224 e.